The van der Waals surface area contributed by atoms with Crippen LogP contribution in [0.5, 0.6) is 0 Å². The molecule has 184 valence electrons. The summed E-state index contributed by atoms with van der Waals surface area (Å²) in [6, 6.07) is 16.1. The van der Waals surface area contributed by atoms with Crippen LogP contribution in [0.15, 0.2) is 65.8 Å². The highest BCUT2D eigenvalue weighted by atomic mass is 32.2. The molecule has 0 bridgehead atoms. The smallest absolute Gasteiger partial charge is 0.290 e. The summed E-state index contributed by atoms with van der Waals surface area (Å²) in [4.78, 5) is 44.6. The van der Waals surface area contributed by atoms with Crippen LogP contribution in [0.25, 0.3) is 6.08 Å². The summed E-state index contributed by atoms with van der Waals surface area (Å²) in [5, 5.41) is 1.94. The van der Waals surface area contributed by atoms with Crippen molar-refractivity contribution in [3.8, 4) is 0 Å². The maximum absolute atomic E-state index is 12.2. The molecule has 4 heterocycles. The van der Waals surface area contributed by atoms with Crippen molar-refractivity contribution in [2.45, 2.75) is 13.0 Å². The summed E-state index contributed by atoms with van der Waals surface area (Å²) < 4.78 is 0. The van der Waals surface area contributed by atoms with E-state index < -0.39 is 5.91 Å². The molecule has 2 amide bonds. The third-order valence-electron chi connectivity index (χ3n) is 6.10. The number of hydrogen-bond acceptors (Lipinski definition) is 9. The molecule has 2 saturated heterocycles. The van der Waals surface area contributed by atoms with Gasteiger partial charge in [0.2, 0.25) is 5.95 Å². The minimum Gasteiger partial charge on any atom is -0.370 e. The normalized spacial score (nSPS) is 17.3. The Labute approximate surface area is 214 Å². The van der Waals surface area contributed by atoms with Crippen LogP contribution in [0.3, 0.4) is 0 Å². The molecular formula is C26H27N7O2S. The minimum atomic E-state index is -0.396. The number of nitrogens with zero attached hydrogens (tertiary/aromatic N) is 6. The van der Waals surface area contributed by atoms with Crippen molar-refractivity contribution in [2.75, 3.05) is 47.9 Å². The Kier molecular flexibility index (Phi) is 7.13. The summed E-state index contributed by atoms with van der Waals surface area (Å²) in [7, 11) is 1.99. The van der Waals surface area contributed by atoms with Gasteiger partial charge in [0.15, 0.2) is 0 Å². The molecule has 3 aromatic rings. The molecule has 0 radical (unpaired) electrons. The van der Waals surface area contributed by atoms with E-state index in [1.54, 1.807) is 6.08 Å². The summed E-state index contributed by atoms with van der Waals surface area (Å²) in [6.45, 7) is 4.02. The van der Waals surface area contributed by atoms with Crippen LogP contribution >= 0.6 is 11.8 Å². The molecule has 10 heteroatoms. The second kappa shape index (κ2) is 10.8. The van der Waals surface area contributed by atoms with E-state index in [1.165, 1.54) is 5.56 Å². The maximum Gasteiger partial charge on any atom is 0.290 e. The molecule has 0 unspecified atom stereocenters. The SMILES string of the molecule is CN(Cc1ccccc1)c1cc(/C=C2\SC(=O)NC2=O)nc(N2CCCN(c3ccncc3)CC2)n1. The van der Waals surface area contributed by atoms with Crippen LogP contribution < -0.4 is 20.0 Å². The summed E-state index contributed by atoms with van der Waals surface area (Å²) in [5.41, 5.74) is 2.92. The molecule has 1 aromatic carbocycles. The van der Waals surface area contributed by atoms with Gasteiger partial charge in [-0.15, -0.1) is 0 Å². The Balaban J connectivity index is 1.43. The van der Waals surface area contributed by atoms with E-state index in [2.05, 4.69) is 37.1 Å². The number of carbonyl (C=O) groups is 2. The maximum atomic E-state index is 12.2. The van der Waals surface area contributed by atoms with Gasteiger partial charge in [0.05, 0.1) is 10.6 Å². The van der Waals surface area contributed by atoms with Gasteiger partial charge in [0.1, 0.15) is 5.82 Å². The van der Waals surface area contributed by atoms with Gasteiger partial charge in [-0.2, -0.15) is 4.98 Å². The number of anilines is 3. The van der Waals surface area contributed by atoms with Gasteiger partial charge in [-0.3, -0.25) is 19.9 Å². The third kappa shape index (κ3) is 5.65. The summed E-state index contributed by atoms with van der Waals surface area (Å²) in [6.07, 6.45) is 6.25. The zero-order valence-electron chi connectivity index (χ0n) is 20.0. The number of carbonyl (C=O) groups excluding carboxylic acids is 2. The van der Waals surface area contributed by atoms with E-state index >= 15 is 0 Å². The van der Waals surface area contributed by atoms with Crippen LogP contribution in [-0.2, 0) is 11.3 Å². The first-order valence-corrected chi connectivity index (χ1v) is 12.7. The number of nitrogens with one attached hydrogen (secondary N) is 1. The van der Waals surface area contributed by atoms with Crippen LogP contribution in [0, 0.1) is 0 Å². The average molecular weight is 502 g/mol. The molecular weight excluding hydrogens is 474 g/mol. The van der Waals surface area contributed by atoms with Crippen molar-refractivity contribution >= 4 is 46.4 Å². The Morgan fingerprint density at radius 3 is 2.50 bits per heavy atom. The van der Waals surface area contributed by atoms with E-state index in [0.29, 0.717) is 23.1 Å². The quantitative estimate of drug-likeness (QED) is 0.509. The van der Waals surface area contributed by atoms with Crippen molar-refractivity contribution in [1.82, 2.24) is 20.3 Å². The lowest BCUT2D eigenvalue weighted by molar-refractivity contribution is -0.115. The molecule has 2 aliphatic rings. The van der Waals surface area contributed by atoms with Crippen molar-refractivity contribution in [1.29, 1.82) is 0 Å². The first kappa shape index (κ1) is 23.8. The van der Waals surface area contributed by atoms with E-state index in [9.17, 15) is 9.59 Å². The fraction of sp³-hybridized carbons (Fsp3) is 0.269. The van der Waals surface area contributed by atoms with Crippen LogP contribution in [0.2, 0.25) is 0 Å². The standard InChI is InChI=1S/C26H27N7O2S/c1-31(18-19-6-3-2-4-7-19)23-17-20(16-22-24(34)30-26(35)36-22)28-25(29-23)33-13-5-12-32(14-15-33)21-8-10-27-11-9-21/h2-4,6-11,16-17H,5,12-15,18H2,1H3,(H,30,34,35)/b22-16-. The lowest BCUT2D eigenvalue weighted by Gasteiger charge is -2.25. The number of imide groups is 1. The molecule has 36 heavy (non-hydrogen) atoms. The largest absolute Gasteiger partial charge is 0.370 e. The second-order valence-corrected chi connectivity index (χ2v) is 9.69. The van der Waals surface area contributed by atoms with Crippen LogP contribution in [0.1, 0.15) is 17.7 Å². The first-order chi connectivity index (χ1) is 17.5. The molecule has 2 aromatic heterocycles. The molecule has 2 fully saturated rings. The number of aromatic nitrogens is 3. The molecule has 0 spiro atoms. The monoisotopic (exact) mass is 501 g/mol. The number of thioether (sulfide) groups is 1. The van der Waals surface area contributed by atoms with E-state index in [4.69, 9.17) is 9.97 Å². The van der Waals surface area contributed by atoms with Gasteiger partial charge in [-0.05, 0) is 42.0 Å². The first-order valence-electron chi connectivity index (χ1n) is 11.8. The Bertz CT molecular complexity index is 1270. The van der Waals surface area contributed by atoms with Crippen LogP contribution in [0.4, 0.5) is 22.2 Å². The summed E-state index contributed by atoms with van der Waals surface area (Å²) >= 11 is 0.890. The van der Waals surface area contributed by atoms with E-state index in [1.807, 2.05) is 55.8 Å². The molecule has 0 atom stereocenters. The van der Waals surface area contributed by atoms with Gasteiger partial charge in [0, 0.05) is 63.9 Å². The van der Waals surface area contributed by atoms with Crippen molar-refractivity contribution in [3.63, 3.8) is 0 Å². The molecule has 9 nitrogen and oxygen atoms in total. The molecule has 2 aliphatic heterocycles. The molecule has 1 N–H and O–H groups in total. The number of amides is 2. The zero-order valence-corrected chi connectivity index (χ0v) is 20.8. The van der Waals surface area contributed by atoms with E-state index in [-0.39, 0.29) is 5.24 Å². The van der Waals surface area contributed by atoms with Crippen molar-refractivity contribution in [3.05, 3.63) is 77.1 Å². The van der Waals surface area contributed by atoms with E-state index in [0.717, 1.165) is 55.9 Å². The second-order valence-electron chi connectivity index (χ2n) is 8.68. The highest BCUT2D eigenvalue weighted by Crippen LogP contribution is 2.27. The topological polar surface area (TPSA) is 94.6 Å². The van der Waals surface area contributed by atoms with Gasteiger partial charge >= 0.3 is 0 Å². The number of rotatable bonds is 6. The number of hydrogen-bond donors (Lipinski definition) is 1. The predicted molar refractivity (Wildman–Crippen MR) is 143 cm³/mol. The van der Waals surface area contributed by atoms with Crippen molar-refractivity contribution in [2.24, 2.45) is 0 Å². The fourth-order valence-corrected chi connectivity index (χ4v) is 4.94. The highest BCUT2D eigenvalue weighted by molar-refractivity contribution is 8.18. The number of pyridine rings is 1. The Hall–Kier alpha value is -3.92. The van der Waals surface area contributed by atoms with Gasteiger partial charge in [-0.1, -0.05) is 30.3 Å². The minimum absolute atomic E-state index is 0.334. The van der Waals surface area contributed by atoms with Gasteiger partial charge in [-0.25, -0.2) is 4.98 Å². The third-order valence-corrected chi connectivity index (χ3v) is 6.91. The van der Waals surface area contributed by atoms with Crippen molar-refractivity contribution < 1.29 is 9.59 Å². The highest BCUT2D eigenvalue weighted by Gasteiger charge is 2.26. The molecule has 0 aliphatic carbocycles. The lowest BCUT2D eigenvalue weighted by Crippen LogP contribution is -2.32. The van der Waals surface area contributed by atoms with Crippen LogP contribution in [-0.4, -0.2) is 59.3 Å². The Morgan fingerprint density at radius 2 is 1.75 bits per heavy atom. The lowest BCUT2D eigenvalue weighted by atomic mass is 10.2. The molecule has 0 saturated carbocycles. The van der Waals surface area contributed by atoms with Gasteiger partial charge in [0.25, 0.3) is 11.1 Å². The Morgan fingerprint density at radius 1 is 1.00 bits per heavy atom. The zero-order chi connectivity index (χ0) is 24.9. The van der Waals surface area contributed by atoms with Gasteiger partial charge < -0.3 is 14.7 Å². The average Bonchev–Trinajstić information content (AvgIpc) is 3.07. The summed E-state index contributed by atoms with van der Waals surface area (Å²) in [5.74, 6) is 0.971. The fourth-order valence-electron chi connectivity index (χ4n) is 4.27. The predicted octanol–water partition coefficient (Wildman–Crippen LogP) is 3.55. The molecule has 5 rings (SSSR count). The number of benzene rings is 1.